The number of nitrogens with one attached hydrogen (secondary N) is 1. The van der Waals surface area contributed by atoms with Gasteiger partial charge in [-0.05, 0) is 25.1 Å². The minimum Gasteiger partial charge on any atom is -0.343 e. The highest BCUT2D eigenvalue weighted by Gasteiger charge is 2.21. The van der Waals surface area contributed by atoms with E-state index in [0.717, 1.165) is 4.47 Å². The van der Waals surface area contributed by atoms with Gasteiger partial charge in [-0.25, -0.2) is 0 Å². The van der Waals surface area contributed by atoms with Crippen molar-refractivity contribution in [3.63, 3.8) is 0 Å². The number of hydrogen-bond acceptors (Lipinski definition) is 3. The van der Waals surface area contributed by atoms with Crippen LogP contribution in [0.3, 0.4) is 0 Å². The SMILES string of the molecule is CCn1ncc(NC(=O)c2cccc(Br)c2)c1C(=O)N(C)C. The molecule has 0 bridgehead atoms. The molecule has 0 atom stereocenters. The number of hydrogen-bond donors (Lipinski definition) is 1. The molecule has 7 heteroatoms. The third-order valence-electron chi connectivity index (χ3n) is 3.08. The van der Waals surface area contributed by atoms with Crippen LogP contribution in [0.25, 0.3) is 0 Å². The molecule has 0 unspecified atom stereocenters. The van der Waals surface area contributed by atoms with Gasteiger partial charge in [-0.3, -0.25) is 14.3 Å². The van der Waals surface area contributed by atoms with E-state index >= 15 is 0 Å². The van der Waals surface area contributed by atoms with E-state index in [-0.39, 0.29) is 11.8 Å². The molecule has 0 fully saturated rings. The number of anilines is 1. The molecule has 1 heterocycles. The van der Waals surface area contributed by atoms with Gasteiger partial charge < -0.3 is 10.2 Å². The Labute approximate surface area is 137 Å². The minimum atomic E-state index is -0.287. The Hall–Kier alpha value is -2.15. The second kappa shape index (κ2) is 6.74. The highest BCUT2D eigenvalue weighted by atomic mass is 79.9. The van der Waals surface area contributed by atoms with Gasteiger partial charge in [0.15, 0.2) is 0 Å². The number of halogens is 1. The minimum absolute atomic E-state index is 0.205. The molecule has 0 spiro atoms. The maximum atomic E-state index is 12.3. The molecule has 0 aliphatic rings. The van der Waals surface area contributed by atoms with Crippen molar-refractivity contribution in [2.24, 2.45) is 0 Å². The molecule has 1 aromatic carbocycles. The quantitative estimate of drug-likeness (QED) is 0.906. The van der Waals surface area contributed by atoms with E-state index in [1.807, 2.05) is 13.0 Å². The van der Waals surface area contributed by atoms with Crippen LogP contribution in [0.2, 0.25) is 0 Å². The van der Waals surface area contributed by atoms with E-state index < -0.39 is 0 Å². The Kier molecular flexibility index (Phi) is 4.97. The first-order chi connectivity index (χ1) is 10.4. The first kappa shape index (κ1) is 16.2. The summed E-state index contributed by atoms with van der Waals surface area (Å²) in [4.78, 5) is 26.1. The van der Waals surface area contributed by atoms with E-state index in [4.69, 9.17) is 0 Å². The van der Waals surface area contributed by atoms with Crippen LogP contribution in [-0.2, 0) is 6.54 Å². The highest BCUT2D eigenvalue weighted by molar-refractivity contribution is 9.10. The fraction of sp³-hybridized carbons (Fsp3) is 0.267. The van der Waals surface area contributed by atoms with Crippen molar-refractivity contribution in [2.45, 2.75) is 13.5 Å². The van der Waals surface area contributed by atoms with Gasteiger partial charge in [-0.1, -0.05) is 22.0 Å². The summed E-state index contributed by atoms with van der Waals surface area (Å²) >= 11 is 3.33. The normalized spacial score (nSPS) is 10.4. The summed E-state index contributed by atoms with van der Waals surface area (Å²) in [5, 5.41) is 6.90. The largest absolute Gasteiger partial charge is 0.343 e. The Balaban J connectivity index is 2.32. The average Bonchev–Trinajstić information content (AvgIpc) is 2.88. The zero-order valence-electron chi connectivity index (χ0n) is 12.6. The molecule has 0 aliphatic carbocycles. The molecule has 116 valence electrons. The number of benzene rings is 1. The van der Waals surface area contributed by atoms with Crippen molar-refractivity contribution < 1.29 is 9.59 Å². The summed E-state index contributed by atoms with van der Waals surface area (Å²) in [5.41, 5.74) is 1.28. The van der Waals surface area contributed by atoms with Gasteiger partial charge in [0.1, 0.15) is 5.69 Å². The average molecular weight is 365 g/mol. The standard InChI is InChI=1S/C15H17BrN4O2/c1-4-20-13(15(22)19(2)3)12(9-17-20)18-14(21)10-6-5-7-11(16)8-10/h5-9H,4H2,1-3H3,(H,18,21). The summed E-state index contributed by atoms with van der Waals surface area (Å²) < 4.78 is 2.38. The van der Waals surface area contributed by atoms with Crippen LogP contribution >= 0.6 is 15.9 Å². The number of carbonyl (C=O) groups excluding carboxylic acids is 2. The number of rotatable bonds is 4. The number of aryl methyl sites for hydroxylation is 1. The van der Waals surface area contributed by atoms with E-state index in [2.05, 4.69) is 26.3 Å². The lowest BCUT2D eigenvalue weighted by atomic mass is 10.2. The van der Waals surface area contributed by atoms with E-state index in [1.165, 1.54) is 11.1 Å². The van der Waals surface area contributed by atoms with Crippen molar-refractivity contribution >= 4 is 33.4 Å². The van der Waals surface area contributed by atoms with Gasteiger partial charge in [0.2, 0.25) is 0 Å². The molecule has 1 aromatic heterocycles. The van der Waals surface area contributed by atoms with Crippen LogP contribution in [-0.4, -0.2) is 40.6 Å². The van der Waals surface area contributed by atoms with Gasteiger partial charge in [-0.2, -0.15) is 5.10 Å². The molecule has 6 nitrogen and oxygen atoms in total. The van der Waals surface area contributed by atoms with Crippen molar-refractivity contribution in [1.29, 1.82) is 0 Å². The molecule has 0 radical (unpaired) electrons. The Morgan fingerprint density at radius 2 is 2.09 bits per heavy atom. The van der Waals surface area contributed by atoms with Crippen LogP contribution in [0.5, 0.6) is 0 Å². The number of carbonyl (C=O) groups is 2. The predicted octanol–water partition coefficient (Wildman–Crippen LogP) is 2.62. The summed E-state index contributed by atoms with van der Waals surface area (Å²) in [6.45, 7) is 2.43. The molecular weight excluding hydrogens is 348 g/mol. The van der Waals surface area contributed by atoms with Crippen LogP contribution in [0, 0.1) is 0 Å². The third-order valence-corrected chi connectivity index (χ3v) is 3.58. The molecule has 0 saturated heterocycles. The van der Waals surface area contributed by atoms with Crippen molar-refractivity contribution in [2.75, 3.05) is 19.4 Å². The zero-order chi connectivity index (χ0) is 16.3. The zero-order valence-corrected chi connectivity index (χ0v) is 14.2. The lowest BCUT2D eigenvalue weighted by Gasteiger charge is -2.13. The van der Waals surface area contributed by atoms with Crippen molar-refractivity contribution in [1.82, 2.24) is 14.7 Å². The number of aromatic nitrogens is 2. The molecule has 0 aliphatic heterocycles. The van der Waals surface area contributed by atoms with Gasteiger partial charge in [0.05, 0.1) is 11.9 Å². The predicted molar refractivity (Wildman–Crippen MR) is 88.0 cm³/mol. The summed E-state index contributed by atoms with van der Waals surface area (Å²) in [6.07, 6.45) is 1.50. The van der Waals surface area contributed by atoms with Crippen LogP contribution < -0.4 is 5.32 Å². The first-order valence-corrected chi connectivity index (χ1v) is 7.57. The molecular formula is C15H17BrN4O2. The topological polar surface area (TPSA) is 67.2 Å². The summed E-state index contributed by atoms with van der Waals surface area (Å²) in [7, 11) is 3.32. The van der Waals surface area contributed by atoms with E-state index in [9.17, 15) is 9.59 Å². The fourth-order valence-electron chi connectivity index (χ4n) is 1.98. The van der Waals surface area contributed by atoms with Crippen molar-refractivity contribution in [3.05, 3.63) is 46.2 Å². The van der Waals surface area contributed by atoms with E-state index in [0.29, 0.717) is 23.5 Å². The van der Waals surface area contributed by atoms with Crippen LogP contribution in [0.4, 0.5) is 5.69 Å². The lowest BCUT2D eigenvalue weighted by Crippen LogP contribution is -2.26. The highest BCUT2D eigenvalue weighted by Crippen LogP contribution is 2.19. The smallest absolute Gasteiger partial charge is 0.273 e. The molecule has 2 aromatic rings. The Bertz CT molecular complexity index is 709. The number of nitrogens with zero attached hydrogens (tertiary/aromatic N) is 3. The van der Waals surface area contributed by atoms with E-state index in [1.54, 1.807) is 37.0 Å². The first-order valence-electron chi connectivity index (χ1n) is 6.78. The lowest BCUT2D eigenvalue weighted by molar-refractivity contribution is 0.0816. The summed E-state index contributed by atoms with van der Waals surface area (Å²) in [5.74, 6) is -0.492. The second-order valence-corrected chi connectivity index (χ2v) is 5.80. The maximum absolute atomic E-state index is 12.3. The third kappa shape index (κ3) is 3.36. The van der Waals surface area contributed by atoms with Gasteiger partial charge in [0, 0.05) is 30.7 Å². The molecule has 1 N–H and O–H groups in total. The van der Waals surface area contributed by atoms with Gasteiger partial charge in [-0.15, -0.1) is 0 Å². The number of amides is 2. The van der Waals surface area contributed by atoms with Crippen molar-refractivity contribution in [3.8, 4) is 0 Å². The monoisotopic (exact) mass is 364 g/mol. The Morgan fingerprint density at radius 3 is 2.68 bits per heavy atom. The van der Waals surface area contributed by atoms with Crippen LogP contribution in [0.15, 0.2) is 34.9 Å². The summed E-state index contributed by atoms with van der Waals surface area (Å²) in [6, 6.07) is 7.04. The van der Waals surface area contributed by atoms with Crippen LogP contribution in [0.1, 0.15) is 27.8 Å². The molecule has 2 amide bonds. The molecule has 22 heavy (non-hydrogen) atoms. The van der Waals surface area contributed by atoms with Gasteiger partial charge >= 0.3 is 0 Å². The molecule has 2 rings (SSSR count). The van der Waals surface area contributed by atoms with Gasteiger partial charge in [0.25, 0.3) is 11.8 Å². The fourth-order valence-corrected chi connectivity index (χ4v) is 2.38. The maximum Gasteiger partial charge on any atom is 0.273 e. The Morgan fingerprint density at radius 1 is 1.36 bits per heavy atom. The molecule has 0 saturated carbocycles. The second-order valence-electron chi connectivity index (χ2n) is 4.89.